The summed E-state index contributed by atoms with van der Waals surface area (Å²) in [5, 5.41) is 4.11. The predicted octanol–water partition coefficient (Wildman–Crippen LogP) is 2.64. The summed E-state index contributed by atoms with van der Waals surface area (Å²) >= 11 is 1.89. The molecule has 120 valence electrons. The molecule has 1 amide bonds. The zero-order valence-corrected chi connectivity index (χ0v) is 13.8. The summed E-state index contributed by atoms with van der Waals surface area (Å²) in [6.07, 6.45) is 1.69. The number of fused-ring (bicyclic) bond motifs is 3. The number of carbonyl (C=O) groups excluding carboxylic acids is 1. The monoisotopic (exact) mass is 330 g/mol. The first kappa shape index (κ1) is 14.6. The zero-order chi connectivity index (χ0) is 15.8. The van der Waals surface area contributed by atoms with Gasteiger partial charge in [-0.1, -0.05) is 11.2 Å². The molecule has 0 saturated carbocycles. The maximum absolute atomic E-state index is 12.7. The molecule has 1 aromatic carbocycles. The molecule has 2 aromatic rings. The third kappa shape index (κ3) is 2.51. The van der Waals surface area contributed by atoms with Crippen molar-refractivity contribution in [1.29, 1.82) is 0 Å². The second-order valence-corrected chi connectivity index (χ2v) is 6.99. The summed E-state index contributed by atoms with van der Waals surface area (Å²) in [6.45, 7) is 1.57. The predicted molar refractivity (Wildman–Crippen MR) is 89.1 cm³/mol. The first-order chi connectivity index (χ1) is 11.3. The van der Waals surface area contributed by atoms with Crippen molar-refractivity contribution < 1.29 is 14.1 Å². The van der Waals surface area contributed by atoms with Crippen molar-refractivity contribution in [3.63, 3.8) is 0 Å². The van der Waals surface area contributed by atoms with Crippen LogP contribution in [0.4, 0.5) is 0 Å². The van der Waals surface area contributed by atoms with Crippen LogP contribution in [-0.4, -0.2) is 47.7 Å². The fourth-order valence-electron chi connectivity index (χ4n) is 3.21. The second kappa shape index (κ2) is 5.92. The van der Waals surface area contributed by atoms with Gasteiger partial charge >= 0.3 is 0 Å². The average Bonchev–Trinajstić information content (AvgIpc) is 3.05. The fourth-order valence-corrected chi connectivity index (χ4v) is 4.11. The maximum Gasteiger partial charge on any atom is 0.276 e. The smallest absolute Gasteiger partial charge is 0.276 e. The van der Waals surface area contributed by atoms with E-state index in [1.165, 1.54) is 5.56 Å². The molecule has 2 heterocycles. The van der Waals surface area contributed by atoms with Gasteiger partial charge in [-0.05, 0) is 30.5 Å². The Morgan fingerprint density at radius 3 is 2.91 bits per heavy atom. The van der Waals surface area contributed by atoms with Crippen LogP contribution < -0.4 is 4.74 Å². The minimum atomic E-state index is 0.00152. The van der Waals surface area contributed by atoms with Gasteiger partial charge in [0.05, 0.1) is 7.11 Å². The molecule has 1 saturated heterocycles. The number of amides is 1. The summed E-state index contributed by atoms with van der Waals surface area (Å²) < 4.78 is 10.9. The Hall–Kier alpha value is -1.95. The summed E-state index contributed by atoms with van der Waals surface area (Å²) in [7, 11) is 1.65. The van der Waals surface area contributed by atoms with Crippen LogP contribution in [0.5, 0.6) is 5.75 Å². The van der Waals surface area contributed by atoms with E-state index in [1.807, 2.05) is 28.8 Å². The van der Waals surface area contributed by atoms with E-state index in [4.69, 9.17) is 9.26 Å². The van der Waals surface area contributed by atoms with Crippen LogP contribution in [0.1, 0.15) is 21.6 Å². The maximum atomic E-state index is 12.7. The molecule has 1 aliphatic carbocycles. The Bertz CT molecular complexity index is 750. The number of thioether (sulfide) groups is 1. The Kier molecular flexibility index (Phi) is 3.77. The van der Waals surface area contributed by atoms with Crippen molar-refractivity contribution in [3.8, 4) is 17.1 Å². The Morgan fingerprint density at radius 2 is 2.13 bits per heavy atom. The molecule has 0 N–H and O–H groups in total. The van der Waals surface area contributed by atoms with E-state index in [2.05, 4.69) is 11.2 Å². The topological polar surface area (TPSA) is 55.6 Å². The lowest BCUT2D eigenvalue weighted by molar-refractivity contribution is 0.0761. The van der Waals surface area contributed by atoms with Crippen molar-refractivity contribution >= 4 is 17.7 Å². The van der Waals surface area contributed by atoms with Crippen molar-refractivity contribution in [1.82, 2.24) is 10.1 Å². The molecule has 1 fully saturated rings. The molecule has 0 bridgehead atoms. The lowest BCUT2D eigenvalue weighted by Gasteiger charge is -2.26. The van der Waals surface area contributed by atoms with Gasteiger partial charge in [0, 0.05) is 35.7 Å². The van der Waals surface area contributed by atoms with E-state index in [0.717, 1.165) is 60.1 Å². The van der Waals surface area contributed by atoms with Crippen molar-refractivity contribution in [2.45, 2.75) is 12.8 Å². The van der Waals surface area contributed by atoms with Crippen LogP contribution in [0.25, 0.3) is 11.3 Å². The van der Waals surface area contributed by atoms with Crippen LogP contribution in [0.3, 0.4) is 0 Å². The van der Waals surface area contributed by atoms with Crippen molar-refractivity contribution in [3.05, 3.63) is 35.0 Å². The molecule has 0 spiro atoms. The van der Waals surface area contributed by atoms with Gasteiger partial charge in [-0.25, -0.2) is 0 Å². The van der Waals surface area contributed by atoms with Gasteiger partial charge in [0.2, 0.25) is 0 Å². The summed E-state index contributed by atoms with van der Waals surface area (Å²) in [4.78, 5) is 14.6. The fraction of sp³-hybridized carbons (Fsp3) is 0.412. The third-order valence-corrected chi connectivity index (χ3v) is 5.44. The van der Waals surface area contributed by atoms with Crippen LogP contribution in [0, 0.1) is 0 Å². The summed E-state index contributed by atoms with van der Waals surface area (Å²) in [5.74, 6) is 3.49. The Morgan fingerprint density at radius 1 is 1.30 bits per heavy atom. The number of benzene rings is 1. The zero-order valence-electron chi connectivity index (χ0n) is 13.0. The molecular formula is C17H18N2O3S. The highest BCUT2D eigenvalue weighted by Gasteiger charge is 2.30. The minimum absolute atomic E-state index is 0.00152. The van der Waals surface area contributed by atoms with Gasteiger partial charge in [0.25, 0.3) is 5.91 Å². The van der Waals surface area contributed by atoms with Gasteiger partial charge in [0.15, 0.2) is 11.5 Å². The minimum Gasteiger partial charge on any atom is -0.497 e. The molecule has 4 rings (SSSR count). The summed E-state index contributed by atoms with van der Waals surface area (Å²) in [6, 6.07) is 5.98. The highest BCUT2D eigenvalue weighted by Crippen LogP contribution is 2.37. The van der Waals surface area contributed by atoms with E-state index < -0.39 is 0 Å². The van der Waals surface area contributed by atoms with E-state index in [0.29, 0.717) is 5.69 Å². The van der Waals surface area contributed by atoms with Gasteiger partial charge in [-0.2, -0.15) is 11.8 Å². The number of ether oxygens (including phenoxy) is 1. The van der Waals surface area contributed by atoms with Crippen molar-refractivity contribution in [2.24, 2.45) is 0 Å². The lowest BCUT2D eigenvalue weighted by Crippen LogP contribution is -2.38. The lowest BCUT2D eigenvalue weighted by atomic mass is 9.89. The van der Waals surface area contributed by atoms with E-state index >= 15 is 0 Å². The van der Waals surface area contributed by atoms with Gasteiger partial charge < -0.3 is 14.2 Å². The van der Waals surface area contributed by atoms with E-state index in [1.54, 1.807) is 7.11 Å². The van der Waals surface area contributed by atoms with Gasteiger partial charge in [-0.15, -0.1) is 0 Å². The first-order valence-electron chi connectivity index (χ1n) is 7.81. The average molecular weight is 330 g/mol. The normalized spacial score (nSPS) is 16.7. The molecular weight excluding hydrogens is 312 g/mol. The van der Waals surface area contributed by atoms with Crippen LogP contribution in [0.15, 0.2) is 22.7 Å². The molecule has 2 aliphatic rings. The number of aromatic nitrogens is 1. The Balaban J connectivity index is 1.71. The second-order valence-electron chi connectivity index (χ2n) is 5.77. The number of aryl methyl sites for hydroxylation is 1. The molecule has 0 unspecified atom stereocenters. The molecule has 0 radical (unpaired) electrons. The summed E-state index contributed by atoms with van der Waals surface area (Å²) in [5.41, 5.74) is 3.63. The number of carbonyl (C=O) groups is 1. The van der Waals surface area contributed by atoms with Gasteiger partial charge in [-0.3, -0.25) is 4.79 Å². The molecule has 6 heteroatoms. The SMILES string of the molecule is COc1ccc2c(c1)-c1onc(C(=O)N3CCSCC3)c1CC2. The van der Waals surface area contributed by atoms with Crippen LogP contribution in [-0.2, 0) is 12.8 Å². The van der Waals surface area contributed by atoms with E-state index in [-0.39, 0.29) is 5.91 Å². The highest BCUT2D eigenvalue weighted by atomic mass is 32.2. The largest absolute Gasteiger partial charge is 0.497 e. The third-order valence-electron chi connectivity index (χ3n) is 4.50. The number of nitrogens with zero attached hydrogens (tertiary/aromatic N) is 2. The van der Waals surface area contributed by atoms with Crippen LogP contribution >= 0.6 is 11.8 Å². The first-order valence-corrected chi connectivity index (χ1v) is 8.96. The number of rotatable bonds is 2. The molecule has 1 aliphatic heterocycles. The Labute approximate surface area is 139 Å². The van der Waals surface area contributed by atoms with Gasteiger partial charge in [0.1, 0.15) is 5.75 Å². The quantitative estimate of drug-likeness (QED) is 0.847. The highest BCUT2D eigenvalue weighted by molar-refractivity contribution is 7.99. The number of hydrogen-bond donors (Lipinski definition) is 0. The molecule has 23 heavy (non-hydrogen) atoms. The molecule has 1 aromatic heterocycles. The van der Waals surface area contributed by atoms with Crippen LogP contribution in [0.2, 0.25) is 0 Å². The molecule has 5 nitrogen and oxygen atoms in total. The van der Waals surface area contributed by atoms with E-state index in [9.17, 15) is 4.79 Å². The molecule has 0 atom stereocenters. The standard InChI is InChI=1S/C17H18N2O3S/c1-21-12-4-2-11-3-5-13-15(18-22-16(13)14(11)10-12)17(20)19-6-8-23-9-7-19/h2,4,10H,3,5-9H2,1H3. The number of hydrogen-bond acceptors (Lipinski definition) is 5. The number of methoxy groups -OCH3 is 1. The van der Waals surface area contributed by atoms with Crippen molar-refractivity contribution in [2.75, 3.05) is 31.7 Å².